The zero-order valence-electron chi connectivity index (χ0n) is 12.1. The van der Waals surface area contributed by atoms with E-state index in [1.165, 1.54) is 6.92 Å². The van der Waals surface area contributed by atoms with Gasteiger partial charge in [0.1, 0.15) is 0 Å². The van der Waals surface area contributed by atoms with Gasteiger partial charge in [0, 0.05) is 25.2 Å². The number of rotatable bonds is 4. The molecule has 4 N–H and O–H groups in total. The van der Waals surface area contributed by atoms with Crippen LogP contribution < -0.4 is 16.4 Å². The molecule has 2 unspecified atom stereocenters. The molecule has 1 saturated carbocycles. The molecule has 21 heavy (non-hydrogen) atoms. The SMILES string of the molecule is CC(=O)Nc1ccc(CNC(=O)C2CCCC2N)cc1.Cl. The number of nitrogens with one attached hydrogen (secondary N) is 2. The van der Waals surface area contributed by atoms with E-state index in [4.69, 9.17) is 5.73 Å². The minimum atomic E-state index is -0.0960. The Morgan fingerprint density at radius 1 is 1.24 bits per heavy atom. The zero-order valence-corrected chi connectivity index (χ0v) is 12.9. The van der Waals surface area contributed by atoms with Crippen molar-refractivity contribution in [3.05, 3.63) is 29.8 Å². The van der Waals surface area contributed by atoms with E-state index in [0.29, 0.717) is 6.54 Å². The Morgan fingerprint density at radius 3 is 2.43 bits per heavy atom. The van der Waals surface area contributed by atoms with Crippen LogP contribution in [0.3, 0.4) is 0 Å². The quantitative estimate of drug-likeness (QED) is 0.793. The maximum Gasteiger partial charge on any atom is 0.224 e. The van der Waals surface area contributed by atoms with Crippen molar-refractivity contribution in [2.24, 2.45) is 11.7 Å². The molecule has 2 atom stereocenters. The van der Waals surface area contributed by atoms with E-state index >= 15 is 0 Å². The van der Waals surface area contributed by atoms with Gasteiger partial charge < -0.3 is 16.4 Å². The third kappa shape index (κ3) is 5.02. The number of anilines is 1. The van der Waals surface area contributed by atoms with Gasteiger partial charge in [-0.05, 0) is 30.5 Å². The first-order valence-electron chi connectivity index (χ1n) is 6.96. The van der Waals surface area contributed by atoms with E-state index in [2.05, 4.69) is 10.6 Å². The fourth-order valence-electron chi connectivity index (χ4n) is 2.54. The van der Waals surface area contributed by atoms with Crippen LogP contribution in [0.1, 0.15) is 31.7 Å². The lowest BCUT2D eigenvalue weighted by Gasteiger charge is -2.15. The Hall–Kier alpha value is -1.59. The highest BCUT2D eigenvalue weighted by atomic mass is 35.5. The molecule has 6 heteroatoms. The Kier molecular flexibility index (Phi) is 6.65. The summed E-state index contributed by atoms with van der Waals surface area (Å²) in [6, 6.07) is 7.42. The van der Waals surface area contributed by atoms with Crippen molar-refractivity contribution in [2.75, 3.05) is 5.32 Å². The van der Waals surface area contributed by atoms with Crippen molar-refractivity contribution in [2.45, 2.75) is 38.8 Å². The first-order chi connectivity index (χ1) is 9.56. The number of amides is 2. The van der Waals surface area contributed by atoms with Crippen molar-refractivity contribution < 1.29 is 9.59 Å². The summed E-state index contributed by atoms with van der Waals surface area (Å²) in [6.07, 6.45) is 2.85. The molecule has 0 radical (unpaired) electrons. The summed E-state index contributed by atoms with van der Waals surface area (Å²) in [5, 5.41) is 5.63. The number of nitrogens with two attached hydrogens (primary N) is 1. The van der Waals surface area contributed by atoms with Crippen molar-refractivity contribution >= 4 is 29.9 Å². The second kappa shape index (κ2) is 8.00. The molecule has 2 rings (SSSR count). The molecule has 1 aliphatic carbocycles. The molecule has 0 saturated heterocycles. The van der Waals surface area contributed by atoms with Crippen molar-refractivity contribution in [3.8, 4) is 0 Å². The van der Waals surface area contributed by atoms with Crippen LogP contribution in [0.2, 0.25) is 0 Å². The molecular weight excluding hydrogens is 290 g/mol. The van der Waals surface area contributed by atoms with Crippen LogP contribution in [0, 0.1) is 5.92 Å². The average Bonchev–Trinajstić information content (AvgIpc) is 2.83. The fourth-order valence-corrected chi connectivity index (χ4v) is 2.54. The molecule has 0 heterocycles. The number of halogens is 1. The monoisotopic (exact) mass is 311 g/mol. The Morgan fingerprint density at radius 2 is 1.90 bits per heavy atom. The second-order valence-corrected chi connectivity index (χ2v) is 5.30. The molecule has 5 nitrogen and oxygen atoms in total. The molecule has 1 aromatic rings. The standard InChI is InChI=1S/C15H21N3O2.ClH/c1-10(19)18-12-7-5-11(6-8-12)9-17-15(20)13-3-2-4-14(13)16;/h5-8,13-14H,2-4,9,16H2,1H3,(H,17,20)(H,18,19);1H. The van der Waals surface area contributed by atoms with Gasteiger partial charge in [0.05, 0.1) is 5.92 Å². The van der Waals surface area contributed by atoms with E-state index < -0.39 is 0 Å². The number of carbonyl (C=O) groups is 2. The predicted molar refractivity (Wildman–Crippen MR) is 85.2 cm³/mol. The topological polar surface area (TPSA) is 84.2 Å². The zero-order chi connectivity index (χ0) is 14.5. The summed E-state index contributed by atoms with van der Waals surface area (Å²) in [5.41, 5.74) is 7.67. The number of benzene rings is 1. The Bertz CT molecular complexity index is 490. The van der Waals surface area contributed by atoms with E-state index in [-0.39, 0.29) is 36.2 Å². The van der Waals surface area contributed by atoms with Crippen LogP contribution in [-0.2, 0) is 16.1 Å². The highest BCUT2D eigenvalue weighted by Crippen LogP contribution is 2.24. The number of hydrogen-bond donors (Lipinski definition) is 3. The molecule has 2 amide bonds. The largest absolute Gasteiger partial charge is 0.352 e. The maximum absolute atomic E-state index is 12.0. The van der Waals surface area contributed by atoms with Gasteiger partial charge in [0.15, 0.2) is 0 Å². The van der Waals surface area contributed by atoms with Gasteiger partial charge >= 0.3 is 0 Å². The molecule has 1 aliphatic rings. The van der Waals surface area contributed by atoms with E-state index in [1.54, 1.807) is 0 Å². The summed E-state index contributed by atoms with van der Waals surface area (Å²) < 4.78 is 0. The van der Waals surface area contributed by atoms with E-state index in [1.807, 2.05) is 24.3 Å². The minimum absolute atomic E-state index is 0. The van der Waals surface area contributed by atoms with Crippen molar-refractivity contribution in [3.63, 3.8) is 0 Å². The third-order valence-corrected chi connectivity index (χ3v) is 3.65. The molecular formula is C15H22ClN3O2. The lowest BCUT2D eigenvalue weighted by atomic mass is 10.0. The average molecular weight is 312 g/mol. The van der Waals surface area contributed by atoms with Crippen LogP contribution in [0.25, 0.3) is 0 Å². The third-order valence-electron chi connectivity index (χ3n) is 3.65. The first-order valence-corrected chi connectivity index (χ1v) is 6.96. The predicted octanol–water partition coefficient (Wildman–Crippen LogP) is 1.81. The summed E-state index contributed by atoms with van der Waals surface area (Å²) in [6.45, 7) is 1.96. The maximum atomic E-state index is 12.0. The number of hydrogen-bond acceptors (Lipinski definition) is 3. The first kappa shape index (κ1) is 17.5. The minimum Gasteiger partial charge on any atom is -0.352 e. The molecule has 116 valence electrons. The molecule has 0 spiro atoms. The highest BCUT2D eigenvalue weighted by molar-refractivity contribution is 5.88. The molecule has 0 aromatic heterocycles. The van der Waals surface area contributed by atoms with Gasteiger partial charge in [-0.3, -0.25) is 9.59 Å². The number of carbonyl (C=O) groups excluding carboxylic acids is 2. The Labute approximate surface area is 131 Å². The molecule has 0 aliphatic heterocycles. The van der Waals surface area contributed by atoms with Gasteiger partial charge in [-0.25, -0.2) is 0 Å². The van der Waals surface area contributed by atoms with Crippen LogP contribution in [0.4, 0.5) is 5.69 Å². The van der Waals surface area contributed by atoms with Crippen LogP contribution in [-0.4, -0.2) is 17.9 Å². The summed E-state index contributed by atoms with van der Waals surface area (Å²) in [4.78, 5) is 22.9. The normalized spacial score (nSPS) is 20.5. The lowest BCUT2D eigenvalue weighted by Crippen LogP contribution is -2.38. The van der Waals surface area contributed by atoms with Gasteiger partial charge in [-0.1, -0.05) is 18.6 Å². The second-order valence-electron chi connectivity index (χ2n) is 5.30. The highest BCUT2D eigenvalue weighted by Gasteiger charge is 2.29. The van der Waals surface area contributed by atoms with Crippen LogP contribution >= 0.6 is 12.4 Å². The fraction of sp³-hybridized carbons (Fsp3) is 0.467. The molecule has 1 fully saturated rings. The van der Waals surface area contributed by atoms with Crippen molar-refractivity contribution in [1.29, 1.82) is 0 Å². The molecule has 0 bridgehead atoms. The molecule has 1 aromatic carbocycles. The van der Waals surface area contributed by atoms with E-state index in [0.717, 1.165) is 30.5 Å². The summed E-state index contributed by atoms with van der Waals surface area (Å²) in [5.74, 6) is -0.101. The summed E-state index contributed by atoms with van der Waals surface area (Å²) >= 11 is 0. The van der Waals surface area contributed by atoms with Gasteiger partial charge in [-0.15, -0.1) is 12.4 Å². The van der Waals surface area contributed by atoms with Crippen LogP contribution in [0.15, 0.2) is 24.3 Å². The van der Waals surface area contributed by atoms with Gasteiger partial charge in [0.25, 0.3) is 0 Å². The summed E-state index contributed by atoms with van der Waals surface area (Å²) in [7, 11) is 0. The lowest BCUT2D eigenvalue weighted by molar-refractivity contribution is -0.125. The van der Waals surface area contributed by atoms with E-state index in [9.17, 15) is 9.59 Å². The smallest absolute Gasteiger partial charge is 0.224 e. The van der Waals surface area contributed by atoms with Crippen molar-refractivity contribution in [1.82, 2.24) is 5.32 Å². The van der Waals surface area contributed by atoms with Crippen LogP contribution in [0.5, 0.6) is 0 Å². The van der Waals surface area contributed by atoms with Gasteiger partial charge in [-0.2, -0.15) is 0 Å². The Balaban J connectivity index is 0.00000220. The van der Waals surface area contributed by atoms with Gasteiger partial charge in [0.2, 0.25) is 11.8 Å².